The molecule has 0 atom stereocenters. The predicted molar refractivity (Wildman–Crippen MR) is 134 cm³/mol. The summed E-state index contributed by atoms with van der Waals surface area (Å²) in [4.78, 5) is 20.8. The maximum absolute atomic E-state index is 13.2. The van der Waals surface area contributed by atoms with Crippen LogP contribution in [-0.4, -0.2) is 35.2 Å². The maximum Gasteiger partial charge on any atom is 0.417 e. The van der Waals surface area contributed by atoms with Crippen LogP contribution in [0.2, 0.25) is 0 Å². The van der Waals surface area contributed by atoms with E-state index in [4.69, 9.17) is 26.4 Å². The molecule has 0 fully saturated rings. The van der Waals surface area contributed by atoms with Crippen LogP contribution >= 0.6 is 12.2 Å². The largest absolute Gasteiger partial charge is 0.493 e. The number of rotatable bonds is 6. The minimum atomic E-state index is -4.68. The summed E-state index contributed by atoms with van der Waals surface area (Å²) in [5, 5.41) is 5.45. The lowest BCUT2D eigenvalue weighted by atomic mass is 10.1. The molecule has 12 heteroatoms. The van der Waals surface area contributed by atoms with Crippen LogP contribution in [0.4, 0.5) is 18.9 Å². The number of aromatic nitrogens is 2. The van der Waals surface area contributed by atoms with E-state index >= 15 is 0 Å². The molecule has 8 nitrogen and oxygen atoms in total. The normalized spacial score (nSPS) is 11.1. The summed E-state index contributed by atoms with van der Waals surface area (Å²) in [6.07, 6.45) is -3.32. The fourth-order valence-electron chi connectivity index (χ4n) is 3.42. The van der Waals surface area contributed by atoms with Gasteiger partial charge in [-0.3, -0.25) is 10.1 Å². The second-order valence-electron chi connectivity index (χ2n) is 7.48. The summed E-state index contributed by atoms with van der Waals surface area (Å²) in [6.45, 7) is 0. The molecule has 0 bridgehead atoms. The van der Waals surface area contributed by atoms with Crippen molar-refractivity contribution in [2.45, 2.75) is 6.18 Å². The summed E-state index contributed by atoms with van der Waals surface area (Å²) < 4.78 is 56.1. The van der Waals surface area contributed by atoms with Crippen LogP contribution in [0.1, 0.15) is 15.9 Å². The summed E-state index contributed by atoms with van der Waals surface area (Å²) in [5.41, 5.74) is -0.519. The zero-order valence-corrected chi connectivity index (χ0v) is 20.2. The van der Waals surface area contributed by atoms with Gasteiger partial charge in [0, 0.05) is 11.8 Å². The van der Waals surface area contributed by atoms with E-state index in [9.17, 15) is 18.0 Å². The van der Waals surface area contributed by atoms with Crippen LogP contribution in [0, 0.1) is 0 Å². The molecule has 1 heterocycles. The van der Waals surface area contributed by atoms with Crippen molar-refractivity contribution < 1.29 is 32.2 Å². The number of halogens is 3. The first-order chi connectivity index (χ1) is 17.7. The number of methoxy groups -OCH3 is 2. The third-order valence-corrected chi connectivity index (χ3v) is 5.34. The maximum atomic E-state index is 13.2. The van der Waals surface area contributed by atoms with Gasteiger partial charge in [0.1, 0.15) is 12.1 Å². The molecule has 1 amide bonds. The fraction of sp³-hybridized carbons (Fsp3) is 0.120. The van der Waals surface area contributed by atoms with Gasteiger partial charge in [0.05, 0.1) is 36.2 Å². The number of anilines is 1. The first kappa shape index (κ1) is 25.6. The smallest absolute Gasteiger partial charge is 0.417 e. The van der Waals surface area contributed by atoms with Crippen molar-refractivity contribution in [1.29, 1.82) is 0 Å². The van der Waals surface area contributed by atoms with E-state index < -0.39 is 23.2 Å². The second kappa shape index (κ2) is 10.7. The Labute approximate surface area is 214 Å². The Kier molecular flexibility index (Phi) is 7.39. The lowest BCUT2D eigenvalue weighted by Crippen LogP contribution is -2.35. The first-order valence-corrected chi connectivity index (χ1v) is 11.0. The number of nitrogens with zero attached hydrogens (tertiary/aromatic N) is 2. The number of fused-ring (bicyclic) bond motifs is 1. The van der Waals surface area contributed by atoms with Crippen LogP contribution in [-0.2, 0) is 6.18 Å². The van der Waals surface area contributed by atoms with Crippen LogP contribution in [0.5, 0.6) is 23.1 Å². The van der Waals surface area contributed by atoms with Crippen molar-refractivity contribution in [3.05, 3.63) is 78.1 Å². The highest BCUT2D eigenvalue weighted by Crippen LogP contribution is 2.36. The van der Waals surface area contributed by atoms with E-state index in [0.717, 1.165) is 12.1 Å². The Morgan fingerprint density at radius 3 is 2.30 bits per heavy atom. The molecule has 0 aliphatic carbocycles. The van der Waals surface area contributed by atoms with Gasteiger partial charge in [0.2, 0.25) is 5.88 Å². The SMILES string of the molecule is COc1cc2ncnc(Oc3ccc(NC(=S)NC(=O)c4ccccc4C(F)(F)F)cc3)c2cc1OC. The zero-order chi connectivity index (χ0) is 26.6. The van der Waals surface area contributed by atoms with Crippen molar-refractivity contribution in [1.82, 2.24) is 15.3 Å². The average molecular weight is 529 g/mol. The molecule has 3 aromatic carbocycles. The molecule has 4 rings (SSSR count). The molecule has 0 radical (unpaired) electrons. The molecule has 0 saturated carbocycles. The molecule has 4 aromatic rings. The number of ether oxygens (including phenoxy) is 3. The van der Waals surface area contributed by atoms with Gasteiger partial charge >= 0.3 is 6.18 Å². The predicted octanol–water partition coefficient (Wildman–Crippen LogP) is 5.58. The highest BCUT2D eigenvalue weighted by Gasteiger charge is 2.35. The van der Waals surface area contributed by atoms with Crippen molar-refractivity contribution in [2.24, 2.45) is 0 Å². The number of hydrogen-bond donors (Lipinski definition) is 2. The molecule has 1 aromatic heterocycles. The molecule has 0 unspecified atom stereocenters. The van der Waals surface area contributed by atoms with Gasteiger partial charge in [-0.1, -0.05) is 12.1 Å². The van der Waals surface area contributed by atoms with E-state index in [2.05, 4.69) is 20.6 Å². The van der Waals surface area contributed by atoms with Crippen LogP contribution in [0.15, 0.2) is 67.0 Å². The molecule has 0 saturated heterocycles. The van der Waals surface area contributed by atoms with Crippen molar-refractivity contribution in [3.8, 4) is 23.1 Å². The first-order valence-electron chi connectivity index (χ1n) is 10.6. The average Bonchev–Trinajstić information content (AvgIpc) is 2.88. The molecule has 0 aliphatic rings. The van der Waals surface area contributed by atoms with Crippen LogP contribution < -0.4 is 24.8 Å². The molecular weight excluding hydrogens is 509 g/mol. The van der Waals surface area contributed by atoms with Crippen molar-refractivity contribution in [2.75, 3.05) is 19.5 Å². The molecule has 37 heavy (non-hydrogen) atoms. The standard InChI is InChI=1S/C25H19F3N4O4S/c1-34-20-11-17-19(12-21(20)35-2)29-13-30-23(17)36-15-9-7-14(8-10-15)31-24(37)32-22(33)16-5-3-4-6-18(16)25(26,27)28/h3-13H,1-2H3,(H2,31,32,33,37). The number of benzene rings is 3. The molecule has 0 aliphatic heterocycles. The quantitative estimate of drug-likeness (QED) is 0.313. The Morgan fingerprint density at radius 1 is 0.946 bits per heavy atom. The number of alkyl halides is 3. The Balaban J connectivity index is 1.45. The number of carbonyl (C=O) groups is 1. The van der Waals surface area contributed by atoms with Gasteiger partial charge in [-0.15, -0.1) is 0 Å². The van der Waals surface area contributed by atoms with Crippen molar-refractivity contribution in [3.63, 3.8) is 0 Å². The lowest BCUT2D eigenvalue weighted by Gasteiger charge is -2.14. The van der Waals surface area contributed by atoms with Crippen LogP contribution in [0.25, 0.3) is 10.9 Å². The molecular formula is C25H19F3N4O4S. The minimum absolute atomic E-state index is 0.168. The molecule has 2 N–H and O–H groups in total. The number of hydrogen-bond acceptors (Lipinski definition) is 7. The van der Waals surface area contributed by atoms with E-state index in [1.54, 1.807) is 36.4 Å². The lowest BCUT2D eigenvalue weighted by molar-refractivity contribution is -0.137. The van der Waals surface area contributed by atoms with E-state index in [-0.39, 0.29) is 11.0 Å². The van der Waals surface area contributed by atoms with Gasteiger partial charge in [-0.25, -0.2) is 9.97 Å². The van der Waals surface area contributed by atoms with Crippen molar-refractivity contribution >= 4 is 39.8 Å². The van der Waals surface area contributed by atoms with E-state index in [1.165, 1.54) is 32.7 Å². The number of nitrogens with one attached hydrogen (secondary N) is 2. The number of thiocarbonyl (C=S) groups is 1. The second-order valence-corrected chi connectivity index (χ2v) is 7.89. The molecule has 0 spiro atoms. The fourth-order valence-corrected chi connectivity index (χ4v) is 3.63. The zero-order valence-electron chi connectivity index (χ0n) is 19.4. The number of amides is 1. The Bertz CT molecular complexity index is 1460. The summed E-state index contributed by atoms with van der Waals surface area (Å²) in [7, 11) is 3.04. The topological polar surface area (TPSA) is 94.6 Å². The third kappa shape index (κ3) is 5.86. The van der Waals surface area contributed by atoms with Gasteiger partial charge in [0.25, 0.3) is 5.91 Å². The monoisotopic (exact) mass is 528 g/mol. The number of carbonyl (C=O) groups excluding carboxylic acids is 1. The van der Waals surface area contributed by atoms with Gasteiger partial charge in [-0.05, 0) is 54.7 Å². The van der Waals surface area contributed by atoms with Gasteiger partial charge in [-0.2, -0.15) is 13.2 Å². The highest BCUT2D eigenvalue weighted by atomic mass is 32.1. The van der Waals surface area contributed by atoms with Gasteiger partial charge < -0.3 is 19.5 Å². The van der Waals surface area contributed by atoms with Crippen LogP contribution in [0.3, 0.4) is 0 Å². The highest BCUT2D eigenvalue weighted by molar-refractivity contribution is 7.80. The Morgan fingerprint density at radius 2 is 1.62 bits per heavy atom. The third-order valence-electron chi connectivity index (χ3n) is 5.13. The summed E-state index contributed by atoms with van der Waals surface area (Å²) in [6, 6.07) is 14.3. The summed E-state index contributed by atoms with van der Waals surface area (Å²) in [5.74, 6) is 0.753. The van der Waals surface area contributed by atoms with E-state index in [0.29, 0.717) is 33.8 Å². The minimum Gasteiger partial charge on any atom is -0.493 e. The molecule has 190 valence electrons. The Hall–Kier alpha value is -4.45. The summed E-state index contributed by atoms with van der Waals surface area (Å²) >= 11 is 5.09. The van der Waals surface area contributed by atoms with Gasteiger partial charge in [0.15, 0.2) is 16.6 Å². The van der Waals surface area contributed by atoms with E-state index in [1.807, 2.05) is 0 Å².